The van der Waals surface area contributed by atoms with E-state index in [9.17, 15) is 0 Å². The van der Waals surface area contributed by atoms with Gasteiger partial charge in [0.05, 0.1) is 24.4 Å². The fourth-order valence-electron chi connectivity index (χ4n) is 2.22. The first-order valence-corrected chi connectivity index (χ1v) is 6.57. The maximum atomic E-state index is 5.97. The zero-order valence-electron chi connectivity index (χ0n) is 11.2. The van der Waals surface area contributed by atoms with Gasteiger partial charge in [-0.3, -0.25) is 0 Å². The third-order valence-electron chi connectivity index (χ3n) is 3.28. The van der Waals surface area contributed by atoms with Crippen molar-refractivity contribution >= 4 is 0 Å². The molecule has 3 heteroatoms. The van der Waals surface area contributed by atoms with E-state index in [1.165, 1.54) is 12.8 Å². The smallest absolute Gasteiger partial charge is 0.0829 e. The molecule has 1 aliphatic heterocycles. The highest BCUT2D eigenvalue weighted by Gasteiger charge is 2.36. The first kappa shape index (κ1) is 13.9. The van der Waals surface area contributed by atoms with Gasteiger partial charge >= 0.3 is 0 Å². The third kappa shape index (κ3) is 4.04. The monoisotopic (exact) mass is 229 g/mol. The van der Waals surface area contributed by atoms with Crippen LogP contribution < -0.4 is 5.32 Å². The van der Waals surface area contributed by atoms with Gasteiger partial charge in [-0.25, -0.2) is 0 Å². The van der Waals surface area contributed by atoms with Crippen LogP contribution in [0.2, 0.25) is 0 Å². The molecule has 2 atom stereocenters. The minimum absolute atomic E-state index is 0.0524. The van der Waals surface area contributed by atoms with E-state index < -0.39 is 0 Å². The zero-order chi connectivity index (χ0) is 12.0. The minimum atomic E-state index is -0.0524. The average Bonchev–Trinajstić information content (AvgIpc) is 2.24. The number of likely N-dealkylation sites (N-methyl/N-ethyl adjacent to an activating group) is 1. The van der Waals surface area contributed by atoms with Crippen LogP contribution in [0.3, 0.4) is 0 Å². The van der Waals surface area contributed by atoms with Gasteiger partial charge in [-0.05, 0) is 46.6 Å². The van der Waals surface area contributed by atoms with Gasteiger partial charge in [-0.1, -0.05) is 6.92 Å². The lowest BCUT2D eigenvalue weighted by Gasteiger charge is -2.41. The van der Waals surface area contributed by atoms with Crippen molar-refractivity contribution in [2.24, 2.45) is 0 Å². The lowest BCUT2D eigenvalue weighted by molar-refractivity contribution is -0.107. The summed E-state index contributed by atoms with van der Waals surface area (Å²) in [6.45, 7) is 11.1. The fourth-order valence-corrected chi connectivity index (χ4v) is 2.22. The van der Waals surface area contributed by atoms with Crippen LogP contribution in [0.25, 0.3) is 0 Å². The molecule has 0 aromatic heterocycles. The van der Waals surface area contributed by atoms with Gasteiger partial charge in [0.25, 0.3) is 0 Å². The lowest BCUT2D eigenvalue weighted by Crippen LogP contribution is -2.54. The van der Waals surface area contributed by atoms with Crippen molar-refractivity contribution in [2.45, 2.75) is 64.7 Å². The van der Waals surface area contributed by atoms with E-state index in [1.807, 2.05) is 0 Å². The van der Waals surface area contributed by atoms with E-state index in [4.69, 9.17) is 9.47 Å². The molecule has 0 aromatic rings. The Labute approximate surface area is 99.9 Å². The zero-order valence-corrected chi connectivity index (χ0v) is 11.2. The van der Waals surface area contributed by atoms with Crippen molar-refractivity contribution in [3.8, 4) is 0 Å². The molecule has 1 heterocycles. The number of hydrogen-bond donors (Lipinski definition) is 1. The topological polar surface area (TPSA) is 30.5 Å². The Morgan fingerprint density at radius 2 is 2.12 bits per heavy atom. The van der Waals surface area contributed by atoms with Crippen LogP contribution in [0, 0.1) is 0 Å². The van der Waals surface area contributed by atoms with E-state index in [0.717, 1.165) is 26.2 Å². The lowest BCUT2D eigenvalue weighted by atomic mass is 9.88. The number of rotatable bonds is 6. The Morgan fingerprint density at radius 1 is 1.38 bits per heavy atom. The first-order chi connectivity index (χ1) is 7.58. The van der Waals surface area contributed by atoms with Crippen molar-refractivity contribution in [3.05, 3.63) is 0 Å². The second-order valence-electron chi connectivity index (χ2n) is 5.11. The standard InChI is InChI=1S/C13H27NO2/c1-5-14-12(10-15-11(2)3)13(4)8-6-7-9-16-13/h11-12,14H,5-10H2,1-4H3. The summed E-state index contributed by atoms with van der Waals surface area (Å²) < 4.78 is 11.7. The molecule has 2 unspecified atom stereocenters. The molecule has 0 amide bonds. The molecule has 1 saturated heterocycles. The normalized spacial score (nSPS) is 28.3. The molecule has 0 aliphatic carbocycles. The predicted octanol–water partition coefficient (Wildman–Crippen LogP) is 2.35. The van der Waals surface area contributed by atoms with Gasteiger partial charge < -0.3 is 14.8 Å². The van der Waals surface area contributed by atoms with E-state index in [0.29, 0.717) is 6.04 Å². The Morgan fingerprint density at radius 3 is 2.62 bits per heavy atom. The van der Waals surface area contributed by atoms with Crippen LogP contribution in [0.5, 0.6) is 0 Å². The summed E-state index contributed by atoms with van der Waals surface area (Å²) in [6.07, 6.45) is 3.87. The van der Waals surface area contributed by atoms with Gasteiger partial charge in [0.15, 0.2) is 0 Å². The van der Waals surface area contributed by atoms with Crippen LogP contribution >= 0.6 is 0 Å². The summed E-state index contributed by atoms with van der Waals surface area (Å²) in [7, 11) is 0. The quantitative estimate of drug-likeness (QED) is 0.758. The number of ether oxygens (including phenoxy) is 2. The molecule has 16 heavy (non-hydrogen) atoms. The molecule has 3 nitrogen and oxygen atoms in total. The van der Waals surface area contributed by atoms with Crippen LogP contribution in [0.4, 0.5) is 0 Å². The third-order valence-corrected chi connectivity index (χ3v) is 3.28. The molecule has 0 saturated carbocycles. The summed E-state index contributed by atoms with van der Waals surface area (Å²) in [4.78, 5) is 0. The summed E-state index contributed by atoms with van der Waals surface area (Å²) >= 11 is 0. The Kier molecular flexibility index (Phi) is 5.73. The summed E-state index contributed by atoms with van der Waals surface area (Å²) in [5.74, 6) is 0. The molecule has 1 fully saturated rings. The average molecular weight is 229 g/mol. The van der Waals surface area contributed by atoms with E-state index in [1.54, 1.807) is 0 Å². The van der Waals surface area contributed by atoms with Crippen LogP contribution in [-0.2, 0) is 9.47 Å². The Balaban J connectivity index is 2.52. The summed E-state index contributed by atoms with van der Waals surface area (Å²) in [5, 5.41) is 3.50. The molecule has 0 radical (unpaired) electrons. The van der Waals surface area contributed by atoms with Gasteiger partial charge in [-0.2, -0.15) is 0 Å². The van der Waals surface area contributed by atoms with Gasteiger partial charge in [0.1, 0.15) is 0 Å². The van der Waals surface area contributed by atoms with Crippen molar-refractivity contribution in [1.29, 1.82) is 0 Å². The SMILES string of the molecule is CCNC(COC(C)C)C1(C)CCCCO1. The van der Waals surface area contributed by atoms with E-state index >= 15 is 0 Å². The molecule has 1 N–H and O–H groups in total. The van der Waals surface area contributed by atoms with E-state index in [2.05, 4.69) is 33.0 Å². The van der Waals surface area contributed by atoms with Gasteiger partial charge in [-0.15, -0.1) is 0 Å². The molecular formula is C13H27NO2. The highest BCUT2D eigenvalue weighted by atomic mass is 16.5. The fraction of sp³-hybridized carbons (Fsp3) is 1.00. The molecule has 0 spiro atoms. The maximum Gasteiger partial charge on any atom is 0.0829 e. The van der Waals surface area contributed by atoms with Crippen molar-refractivity contribution in [1.82, 2.24) is 5.32 Å². The van der Waals surface area contributed by atoms with Crippen molar-refractivity contribution in [3.63, 3.8) is 0 Å². The Bertz CT molecular complexity index is 188. The highest BCUT2D eigenvalue weighted by Crippen LogP contribution is 2.28. The predicted molar refractivity (Wildman–Crippen MR) is 66.8 cm³/mol. The number of nitrogens with one attached hydrogen (secondary N) is 1. The maximum absolute atomic E-state index is 5.97. The molecule has 96 valence electrons. The molecule has 0 aromatic carbocycles. The summed E-state index contributed by atoms with van der Waals surface area (Å²) in [6, 6.07) is 0.306. The second-order valence-corrected chi connectivity index (χ2v) is 5.11. The Hall–Kier alpha value is -0.120. The van der Waals surface area contributed by atoms with Crippen molar-refractivity contribution < 1.29 is 9.47 Å². The van der Waals surface area contributed by atoms with Crippen LogP contribution in [0.15, 0.2) is 0 Å². The highest BCUT2D eigenvalue weighted by molar-refractivity contribution is 4.91. The van der Waals surface area contributed by atoms with Gasteiger partial charge in [0, 0.05) is 6.61 Å². The van der Waals surface area contributed by atoms with Gasteiger partial charge in [0.2, 0.25) is 0 Å². The molecule has 0 bridgehead atoms. The largest absolute Gasteiger partial charge is 0.377 e. The minimum Gasteiger partial charge on any atom is -0.377 e. The molecule has 1 rings (SSSR count). The van der Waals surface area contributed by atoms with Crippen LogP contribution in [0.1, 0.15) is 47.0 Å². The number of hydrogen-bond acceptors (Lipinski definition) is 3. The van der Waals surface area contributed by atoms with Crippen LogP contribution in [-0.4, -0.2) is 37.5 Å². The second kappa shape index (κ2) is 6.58. The van der Waals surface area contributed by atoms with Crippen molar-refractivity contribution in [2.75, 3.05) is 19.8 Å². The molecular weight excluding hydrogens is 202 g/mol. The summed E-state index contributed by atoms with van der Waals surface area (Å²) in [5.41, 5.74) is -0.0524. The molecule has 1 aliphatic rings. The van der Waals surface area contributed by atoms with E-state index in [-0.39, 0.29) is 11.7 Å². The first-order valence-electron chi connectivity index (χ1n) is 6.57.